The summed E-state index contributed by atoms with van der Waals surface area (Å²) in [5.41, 5.74) is 3.28. The molecule has 0 radical (unpaired) electrons. The van der Waals surface area contributed by atoms with Gasteiger partial charge in [-0.2, -0.15) is 0 Å². The molecule has 1 aliphatic heterocycles. The number of hydrogen-bond donors (Lipinski definition) is 1. The fraction of sp³-hybridized carbons (Fsp3) is 0.588. The average molecular weight is 288 g/mol. The fourth-order valence-electron chi connectivity index (χ4n) is 3.89. The van der Waals surface area contributed by atoms with Crippen molar-refractivity contribution in [1.82, 2.24) is 10.2 Å². The van der Waals surface area contributed by atoms with Crippen molar-refractivity contribution in [2.24, 2.45) is 5.92 Å². The number of aldehydes is 1. The van der Waals surface area contributed by atoms with Gasteiger partial charge in [0.2, 0.25) is 0 Å². The highest BCUT2D eigenvalue weighted by Gasteiger charge is 2.32. The summed E-state index contributed by atoms with van der Waals surface area (Å²) in [6, 6.07) is 4.41. The van der Waals surface area contributed by atoms with Crippen molar-refractivity contribution in [1.29, 1.82) is 0 Å². The standard InChI is InChI=1S/C17H24N2O2/c1-19-8-7-18-10-16(19)12-3-5-14-13(11-20)4-6-17(21-2)15(14)9-12/h4,6,11-12,16,18H,3,5,7-10H2,1-2H3. The van der Waals surface area contributed by atoms with Crippen molar-refractivity contribution in [3.63, 3.8) is 0 Å². The normalized spacial score (nSPS) is 26.2. The molecule has 0 amide bonds. The average Bonchev–Trinajstić information content (AvgIpc) is 2.53. The van der Waals surface area contributed by atoms with Gasteiger partial charge in [0.1, 0.15) is 12.0 Å². The SMILES string of the molecule is COc1ccc(C=O)c2c1CC(C1CNCCN1C)CC2. The predicted molar refractivity (Wildman–Crippen MR) is 83.2 cm³/mol. The van der Waals surface area contributed by atoms with E-state index in [1.165, 1.54) is 11.1 Å². The number of fused-ring (bicyclic) bond motifs is 1. The summed E-state index contributed by atoms with van der Waals surface area (Å²) in [5.74, 6) is 1.57. The van der Waals surface area contributed by atoms with Crippen molar-refractivity contribution >= 4 is 6.29 Å². The number of ether oxygens (including phenoxy) is 1. The summed E-state index contributed by atoms with van der Waals surface area (Å²) in [4.78, 5) is 13.7. The van der Waals surface area contributed by atoms with Crippen LogP contribution in [-0.4, -0.2) is 51.0 Å². The third kappa shape index (κ3) is 2.70. The van der Waals surface area contributed by atoms with Crippen LogP contribution in [-0.2, 0) is 12.8 Å². The van der Waals surface area contributed by atoms with E-state index in [2.05, 4.69) is 17.3 Å². The Morgan fingerprint density at radius 1 is 1.38 bits per heavy atom. The van der Waals surface area contributed by atoms with Crippen LogP contribution in [0.4, 0.5) is 0 Å². The number of likely N-dealkylation sites (N-methyl/N-ethyl adjacent to an activating group) is 1. The first-order valence-electron chi connectivity index (χ1n) is 7.79. The third-order valence-electron chi connectivity index (χ3n) is 5.11. The zero-order chi connectivity index (χ0) is 14.8. The maximum atomic E-state index is 11.3. The monoisotopic (exact) mass is 288 g/mol. The van der Waals surface area contributed by atoms with Gasteiger partial charge in [-0.3, -0.25) is 4.79 Å². The van der Waals surface area contributed by atoms with Crippen LogP contribution in [0, 0.1) is 5.92 Å². The maximum Gasteiger partial charge on any atom is 0.150 e. The van der Waals surface area contributed by atoms with Crippen LogP contribution < -0.4 is 10.1 Å². The Morgan fingerprint density at radius 3 is 2.95 bits per heavy atom. The highest BCUT2D eigenvalue weighted by atomic mass is 16.5. The number of carbonyl (C=O) groups excluding carboxylic acids is 1. The van der Waals surface area contributed by atoms with Crippen molar-refractivity contribution < 1.29 is 9.53 Å². The highest BCUT2D eigenvalue weighted by Crippen LogP contribution is 2.36. The van der Waals surface area contributed by atoms with Gasteiger partial charge in [0.25, 0.3) is 0 Å². The number of methoxy groups -OCH3 is 1. The molecule has 1 heterocycles. The van der Waals surface area contributed by atoms with E-state index in [0.29, 0.717) is 12.0 Å². The number of benzene rings is 1. The minimum absolute atomic E-state index is 0.580. The molecule has 1 saturated heterocycles. The Balaban J connectivity index is 1.88. The summed E-state index contributed by atoms with van der Waals surface area (Å²) < 4.78 is 5.53. The van der Waals surface area contributed by atoms with E-state index in [-0.39, 0.29) is 0 Å². The van der Waals surface area contributed by atoms with Gasteiger partial charge in [-0.05, 0) is 55.5 Å². The topological polar surface area (TPSA) is 41.6 Å². The number of nitrogens with one attached hydrogen (secondary N) is 1. The summed E-state index contributed by atoms with van der Waals surface area (Å²) >= 11 is 0. The molecule has 0 bridgehead atoms. The summed E-state index contributed by atoms with van der Waals surface area (Å²) in [6.07, 6.45) is 4.12. The van der Waals surface area contributed by atoms with E-state index in [4.69, 9.17) is 4.74 Å². The number of piperazine rings is 1. The van der Waals surface area contributed by atoms with Crippen LogP contribution in [0.3, 0.4) is 0 Å². The summed E-state index contributed by atoms with van der Waals surface area (Å²) in [5, 5.41) is 3.51. The lowest BCUT2D eigenvalue weighted by Crippen LogP contribution is -2.53. The van der Waals surface area contributed by atoms with Gasteiger partial charge in [0.15, 0.2) is 0 Å². The second-order valence-electron chi connectivity index (χ2n) is 6.19. The summed E-state index contributed by atoms with van der Waals surface area (Å²) in [6.45, 7) is 3.25. The van der Waals surface area contributed by atoms with Crippen molar-refractivity contribution in [3.05, 3.63) is 28.8 Å². The van der Waals surface area contributed by atoms with Gasteiger partial charge in [-0.15, -0.1) is 0 Å². The Bertz CT molecular complexity index is 530. The van der Waals surface area contributed by atoms with Crippen LogP contribution in [0.25, 0.3) is 0 Å². The van der Waals surface area contributed by atoms with Crippen LogP contribution >= 0.6 is 0 Å². The van der Waals surface area contributed by atoms with Crippen molar-refractivity contribution in [3.8, 4) is 5.75 Å². The van der Waals surface area contributed by atoms with E-state index in [1.807, 2.05) is 12.1 Å². The minimum Gasteiger partial charge on any atom is -0.496 e. The van der Waals surface area contributed by atoms with Gasteiger partial charge in [0, 0.05) is 31.2 Å². The van der Waals surface area contributed by atoms with Crippen LogP contribution in [0.1, 0.15) is 27.9 Å². The molecule has 0 saturated carbocycles. The second kappa shape index (κ2) is 6.16. The molecule has 1 aromatic rings. The van der Waals surface area contributed by atoms with E-state index < -0.39 is 0 Å². The molecule has 0 spiro atoms. The first kappa shape index (κ1) is 14.5. The quantitative estimate of drug-likeness (QED) is 0.856. The largest absolute Gasteiger partial charge is 0.496 e. The van der Waals surface area contributed by atoms with Gasteiger partial charge >= 0.3 is 0 Å². The molecule has 1 aliphatic carbocycles. The molecule has 4 heteroatoms. The molecule has 21 heavy (non-hydrogen) atoms. The zero-order valence-electron chi connectivity index (χ0n) is 12.9. The lowest BCUT2D eigenvalue weighted by atomic mass is 9.77. The molecule has 1 aromatic carbocycles. The number of nitrogens with zero attached hydrogens (tertiary/aromatic N) is 1. The smallest absolute Gasteiger partial charge is 0.150 e. The van der Waals surface area contributed by atoms with Crippen molar-refractivity contribution in [2.45, 2.75) is 25.3 Å². The van der Waals surface area contributed by atoms with E-state index >= 15 is 0 Å². The van der Waals surface area contributed by atoms with E-state index in [1.54, 1.807) is 7.11 Å². The number of hydrogen-bond acceptors (Lipinski definition) is 4. The van der Waals surface area contributed by atoms with Gasteiger partial charge < -0.3 is 15.0 Å². The third-order valence-corrected chi connectivity index (χ3v) is 5.11. The second-order valence-corrected chi connectivity index (χ2v) is 6.19. The number of carbonyl (C=O) groups is 1. The Morgan fingerprint density at radius 2 is 2.24 bits per heavy atom. The molecule has 2 unspecified atom stereocenters. The Labute approximate surface area is 126 Å². The van der Waals surface area contributed by atoms with Crippen LogP contribution in [0.15, 0.2) is 12.1 Å². The Hall–Kier alpha value is -1.39. The molecular weight excluding hydrogens is 264 g/mol. The fourth-order valence-corrected chi connectivity index (χ4v) is 3.89. The molecule has 114 valence electrons. The van der Waals surface area contributed by atoms with Gasteiger partial charge in [-0.1, -0.05) is 0 Å². The van der Waals surface area contributed by atoms with Gasteiger partial charge in [0.05, 0.1) is 7.11 Å². The molecule has 1 fully saturated rings. The minimum atomic E-state index is 0.580. The molecule has 0 aromatic heterocycles. The maximum absolute atomic E-state index is 11.3. The van der Waals surface area contributed by atoms with Crippen LogP contribution in [0.5, 0.6) is 5.75 Å². The lowest BCUT2D eigenvalue weighted by Gasteiger charge is -2.41. The number of rotatable bonds is 3. The molecule has 4 nitrogen and oxygen atoms in total. The summed E-state index contributed by atoms with van der Waals surface area (Å²) in [7, 11) is 3.94. The first-order chi connectivity index (χ1) is 10.2. The van der Waals surface area contributed by atoms with E-state index in [0.717, 1.165) is 56.5 Å². The highest BCUT2D eigenvalue weighted by molar-refractivity contribution is 5.79. The van der Waals surface area contributed by atoms with Crippen molar-refractivity contribution in [2.75, 3.05) is 33.8 Å². The molecule has 2 aliphatic rings. The van der Waals surface area contributed by atoms with E-state index in [9.17, 15) is 4.79 Å². The lowest BCUT2D eigenvalue weighted by molar-refractivity contribution is 0.112. The molecule has 2 atom stereocenters. The molecular formula is C17H24N2O2. The molecule has 3 rings (SSSR count). The molecule has 1 N–H and O–H groups in total. The Kier molecular flexibility index (Phi) is 4.27. The van der Waals surface area contributed by atoms with Gasteiger partial charge in [-0.25, -0.2) is 0 Å². The predicted octanol–water partition coefficient (Wildman–Crippen LogP) is 1.52. The van der Waals surface area contributed by atoms with Crippen LogP contribution in [0.2, 0.25) is 0 Å². The first-order valence-corrected chi connectivity index (χ1v) is 7.79. The zero-order valence-corrected chi connectivity index (χ0v) is 12.9.